The predicted molar refractivity (Wildman–Crippen MR) is 183 cm³/mol. The van der Waals surface area contributed by atoms with Crippen molar-refractivity contribution in [1.29, 1.82) is 0 Å². The fraction of sp³-hybridized carbons (Fsp3) is 0. The molecular weight excluding hydrogens is 540 g/mol. The third kappa shape index (κ3) is 4.79. The minimum absolute atomic E-state index is 0.680. The molecule has 0 saturated carbocycles. The second-order valence-corrected chi connectivity index (χ2v) is 11.1. The van der Waals surface area contributed by atoms with Crippen LogP contribution in [0.25, 0.3) is 54.6 Å². The molecule has 0 radical (unpaired) electrons. The van der Waals surface area contributed by atoms with E-state index in [9.17, 15) is 0 Å². The van der Waals surface area contributed by atoms with E-state index < -0.39 is 0 Å². The molecule has 0 amide bonds. The Kier molecular flexibility index (Phi) is 6.05. The molecule has 0 saturated heterocycles. The first-order valence-corrected chi connectivity index (χ1v) is 14.6. The Bertz CT molecular complexity index is 2060. The van der Waals surface area contributed by atoms with E-state index in [2.05, 4.69) is 72.8 Å². The van der Waals surface area contributed by atoms with E-state index in [0.717, 1.165) is 34.1 Å². The molecule has 0 atom stereocenters. The summed E-state index contributed by atoms with van der Waals surface area (Å²) >= 11 is 0. The molecule has 4 nitrogen and oxygen atoms in total. The van der Waals surface area contributed by atoms with E-state index in [1.54, 1.807) is 0 Å². The van der Waals surface area contributed by atoms with E-state index in [1.807, 2.05) is 72.8 Å². The number of benzene rings is 8. The van der Waals surface area contributed by atoms with Crippen LogP contribution < -0.4 is 20.9 Å². The van der Waals surface area contributed by atoms with E-state index >= 15 is 0 Å². The van der Waals surface area contributed by atoms with E-state index in [4.69, 9.17) is 20.9 Å². The van der Waals surface area contributed by atoms with Crippen LogP contribution in [0.5, 0.6) is 23.0 Å². The van der Waals surface area contributed by atoms with Gasteiger partial charge in [-0.2, -0.15) is 0 Å². The van der Waals surface area contributed by atoms with Gasteiger partial charge in [-0.05, 0) is 127 Å². The molecule has 8 aromatic rings. The number of rotatable bonds is 6. The molecule has 0 aromatic heterocycles. The van der Waals surface area contributed by atoms with Gasteiger partial charge in [0.2, 0.25) is 0 Å². The number of nitrogens with two attached hydrogens (primary N) is 2. The topological polar surface area (TPSA) is 70.5 Å². The molecule has 8 rings (SSSR count). The van der Waals surface area contributed by atoms with Crippen LogP contribution in [-0.2, 0) is 0 Å². The minimum atomic E-state index is 0.680. The zero-order valence-corrected chi connectivity index (χ0v) is 23.8. The molecule has 4 N–H and O–H groups in total. The number of anilines is 2. The Hall–Kier alpha value is -6.00. The molecule has 0 aliphatic rings. The van der Waals surface area contributed by atoms with Gasteiger partial charge in [-0.15, -0.1) is 0 Å². The number of hydrogen-bond acceptors (Lipinski definition) is 4. The second-order valence-electron chi connectivity index (χ2n) is 11.1. The van der Waals surface area contributed by atoms with Crippen molar-refractivity contribution >= 4 is 43.7 Å². The molecule has 0 aliphatic heterocycles. The van der Waals surface area contributed by atoms with Gasteiger partial charge in [0.05, 0.1) is 0 Å². The molecule has 44 heavy (non-hydrogen) atoms. The maximum atomic E-state index is 5.99. The summed E-state index contributed by atoms with van der Waals surface area (Å²) in [6, 6.07) is 49.4. The van der Waals surface area contributed by atoms with Gasteiger partial charge in [0.15, 0.2) is 0 Å². The molecule has 8 aromatic carbocycles. The van der Waals surface area contributed by atoms with Gasteiger partial charge in [-0.3, -0.25) is 0 Å². The smallest absolute Gasteiger partial charge is 0.129 e. The summed E-state index contributed by atoms with van der Waals surface area (Å²) < 4.78 is 12.0. The van der Waals surface area contributed by atoms with Crippen molar-refractivity contribution in [3.05, 3.63) is 146 Å². The molecule has 0 heterocycles. The lowest BCUT2D eigenvalue weighted by Crippen LogP contribution is -1.89. The third-order valence-corrected chi connectivity index (χ3v) is 8.10. The fourth-order valence-electron chi connectivity index (χ4n) is 6.03. The Balaban J connectivity index is 1.10. The normalized spacial score (nSPS) is 11.4. The molecule has 0 aliphatic carbocycles. The van der Waals surface area contributed by atoms with Gasteiger partial charge in [-0.25, -0.2) is 0 Å². The first-order chi connectivity index (χ1) is 21.6. The highest BCUT2D eigenvalue weighted by Crippen LogP contribution is 2.40. The molecule has 0 bridgehead atoms. The quantitative estimate of drug-likeness (QED) is 0.155. The summed E-state index contributed by atoms with van der Waals surface area (Å²) in [5.41, 5.74) is 17.8. The van der Waals surface area contributed by atoms with Crippen molar-refractivity contribution in [2.75, 3.05) is 11.5 Å². The maximum Gasteiger partial charge on any atom is 0.129 e. The van der Waals surface area contributed by atoms with Crippen molar-refractivity contribution < 1.29 is 9.47 Å². The van der Waals surface area contributed by atoms with Crippen molar-refractivity contribution in [2.24, 2.45) is 0 Å². The van der Waals surface area contributed by atoms with Gasteiger partial charge in [0.1, 0.15) is 23.0 Å². The highest BCUT2D eigenvalue weighted by atomic mass is 16.5. The van der Waals surface area contributed by atoms with Crippen LogP contribution >= 0.6 is 0 Å². The molecule has 210 valence electrons. The van der Waals surface area contributed by atoms with Gasteiger partial charge in [-0.1, -0.05) is 60.7 Å². The lowest BCUT2D eigenvalue weighted by atomic mass is 9.89. The summed E-state index contributed by atoms with van der Waals surface area (Å²) in [6.07, 6.45) is 0. The number of hydrogen-bond donors (Lipinski definition) is 2. The Morgan fingerprint density at radius 3 is 1.02 bits per heavy atom. The summed E-state index contributed by atoms with van der Waals surface area (Å²) in [5.74, 6) is 3.00. The monoisotopic (exact) mass is 568 g/mol. The van der Waals surface area contributed by atoms with Crippen LogP contribution in [0.3, 0.4) is 0 Å². The van der Waals surface area contributed by atoms with Gasteiger partial charge < -0.3 is 20.9 Å². The van der Waals surface area contributed by atoms with Crippen molar-refractivity contribution in [3.8, 4) is 45.3 Å². The third-order valence-electron chi connectivity index (χ3n) is 8.10. The van der Waals surface area contributed by atoms with Crippen LogP contribution in [0.1, 0.15) is 0 Å². The standard InChI is InChI=1S/C40H28N2O2/c41-33-3-1-5-37(23-33)43-35-15-11-25(12-16-35)31-19-27-7-9-29-21-32(22-30-10-8-28(20-31)39(27)40(29)30)26-13-17-36(18-14-26)44-38-6-2-4-34(42)24-38/h1-24H,41-42H2. The van der Waals surface area contributed by atoms with Gasteiger partial charge in [0, 0.05) is 23.5 Å². The highest BCUT2D eigenvalue weighted by Gasteiger charge is 2.13. The van der Waals surface area contributed by atoms with E-state index in [1.165, 1.54) is 43.4 Å². The average molecular weight is 569 g/mol. The molecule has 0 unspecified atom stereocenters. The van der Waals surface area contributed by atoms with Crippen molar-refractivity contribution in [1.82, 2.24) is 0 Å². The zero-order valence-electron chi connectivity index (χ0n) is 23.8. The zero-order chi connectivity index (χ0) is 29.6. The maximum absolute atomic E-state index is 5.99. The van der Waals surface area contributed by atoms with Crippen LogP contribution in [0.15, 0.2) is 146 Å². The van der Waals surface area contributed by atoms with Crippen LogP contribution in [-0.4, -0.2) is 0 Å². The fourth-order valence-corrected chi connectivity index (χ4v) is 6.03. The highest BCUT2D eigenvalue weighted by molar-refractivity contribution is 6.24. The van der Waals surface area contributed by atoms with Gasteiger partial charge in [0.25, 0.3) is 0 Å². The summed E-state index contributed by atoms with van der Waals surface area (Å²) in [6.45, 7) is 0. The summed E-state index contributed by atoms with van der Waals surface area (Å²) in [7, 11) is 0. The van der Waals surface area contributed by atoms with Crippen LogP contribution in [0, 0.1) is 0 Å². The summed E-state index contributed by atoms with van der Waals surface area (Å²) in [5, 5.41) is 7.50. The summed E-state index contributed by atoms with van der Waals surface area (Å²) in [4.78, 5) is 0. The van der Waals surface area contributed by atoms with E-state index in [-0.39, 0.29) is 0 Å². The number of ether oxygens (including phenoxy) is 2. The van der Waals surface area contributed by atoms with Crippen LogP contribution in [0.4, 0.5) is 11.4 Å². The average Bonchev–Trinajstić information content (AvgIpc) is 3.04. The molecule has 0 fully saturated rings. The predicted octanol–water partition coefficient (Wildman–Crippen LogP) is 10.7. The lowest BCUT2D eigenvalue weighted by molar-refractivity contribution is 0.483. The largest absolute Gasteiger partial charge is 0.457 e. The van der Waals surface area contributed by atoms with E-state index in [0.29, 0.717) is 11.4 Å². The Morgan fingerprint density at radius 2 is 0.682 bits per heavy atom. The molecule has 4 heteroatoms. The minimum Gasteiger partial charge on any atom is -0.457 e. The SMILES string of the molecule is Nc1cccc(Oc2ccc(-c3cc4ccc5cc(-c6ccc(Oc7cccc(N)c7)cc6)cc6ccc(c3)c4c56)cc2)c1. The molecule has 0 spiro atoms. The number of nitrogen functional groups attached to an aromatic ring is 2. The van der Waals surface area contributed by atoms with Crippen molar-refractivity contribution in [3.63, 3.8) is 0 Å². The first kappa shape index (κ1) is 25.7. The van der Waals surface area contributed by atoms with Gasteiger partial charge >= 0.3 is 0 Å². The van der Waals surface area contributed by atoms with Crippen molar-refractivity contribution in [2.45, 2.75) is 0 Å². The molecular formula is C40H28N2O2. The Labute approximate surface area is 255 Å². The first-order valence-electron chi connectivity index (χ1n) is 14.6. The lowest BCUT2D eigenvalue weighted by Gasteiger charge is -2.15. The Morgan fingerprint density at radius 1 is 0.318 bits per heavy atom. The van der Waals surface area contributed by atoms with Crippen LogP contribution in [0.2, 0.25) is 0 Å². The second kappa shape index (κ2) is 10.4.